The predicted molar refractivity (Wildman–Crippen MR) is 124 cm³/mol. The third-order valence-corrected chi connectivity index (χ3v) is 10.7. The van der Waals surface area contributed by atoms with E-state index >= 15 is 0 Å². The monoisotopic (exact) mass is 427 g/mol. The van der Waals surface area contributed by atoms with Gasteiger partial charge in [-0.1, -0.05) is 27.2 Å². The molecule has 4 aliphatic carbocycles. The average Bonchev–Trinajstić information content (AvgIpc) is 3.29. The van der Waals surface area contributed by atoms with E-state index in [9.17, 15) is 5.11 Å². The number of nitrogens with zero attached hydrogens (tertiary/aromatic N) is 3. The highest BCUT2D eigenvalue weighted by Gasteiger charge is 2.58. The highest BCUT2D eigenvalue weighted by Crippen LogP contribution is 2.65. The Morgan fingerprint density at radius 1 is 1.10 bits per heavy atom. The third kappa shape index (κ3) is 3.79. The van der Waals surface area contributed by atoms with E-state index in [1.54, 1.807) is 0 Å². The van der Waals surface area contributed by atoms with E-state index in [0.29, 0.717) is 11.3 Å². The van der Waals surface area contributed by atoms with Crippen LogP contribution >= 0.6 is 0 Å². The molecule has 5 rings (SSSR count). The number of hydrogen-bond acceptors (Lipinski definition) is 3. The molecule has 0 radical (unpaired) electrons. The first-order valence-corrected chi connectivity index (χ1v) is 13.4. The van der Waals surface area contributed by atoms with Crippen molar-refractivity contribution in [2.24, 2.45) is 46.8 Å². The summed E-state index contributed by atoms with van der Waals surface area (Å²) in [5.74, 6) is 6.88. The Kier molecular flexibility index (Phi) is 5.76. The minimum absolute atomic E-state index is 0.348. The van der Waals surface area contributed by atoms with Gasteiger partial charge in [0, 0.05) is 6.54 Å². The maximum Gasteiger partial charge on any atom is 0.147 e. The minimum Gasteiger partial charge on any atom is -0.390 e. The minimum atomic E-state index is -0.348. The van der Waals surface area contributed by atoms with Crippen molar-refractivity contribution < 1.29 is 5.11 Å². The molecule has 0 aromatic carbocycles. The molecule has 31 heavy (non-hydrogen) atoms. The molecule has 1 aromatic rings. The first-order valence-electron chi connectivity index (χ1n) is 13.4. The molecule has 4 saturated carbocycles. The number of hydrogen-bond donors (Lipinski definition) is 1. The molecule has 1 heterocycles. The van der Waals surface area contributed by atoms with E-state index < -0.39 is 0 Å². The van der Waals surface area contributed by atoms with Gasteiger partial charge in [0.1, 0.15) is 12.2 Å². The van der Waals surface area contributed by atoms with Gasteiger partial charge in [-0.15, -0.1) is 0 Å². The number of aryl methyl sites for hydroxylation is 1. The highest BCUT2D eigenvalue weighted by molar-refractivity contribution is 5.07. The van der Waals surface area contributed by atoms with Crippen molar-refractivity contribution in [3.05, 3.63) is 12.2 Å². The molecule has 0 spiro atoms. The summed E-state index contributed by atoms with van der Waals surface area (Å²) in [6, 6.07) is 0. The molecule has 1 unspecified atom stereocenters. The van der Waals surface area contributed by atoms with E-state index in [-0.39, 0.29) is 5.60 Å². The van der Waals surface area contributed by atoms with Gasteiger partial charge in [0.05, 0.1) is 5.60 Å². The molecule has 9 atom stereocenters. The summed E-state index contributed by atoms with van der Waals surface area (Å²) >= 11 is 0. The number of rotatable bonds is 5. The van der Waals surface area contributed by atoms with Gasteiger partial charge >= 0.3 is 0 Å². The summed E-state index contributed by atoms with van der Waals surface area (Å²) in [4.78, 5) is 4.34. The fourth-order valence-corrected chi connectivity index (χ4v) is 9.53. The van der Waals surface area contributed by atoms with Crippen LogP contribution in [0, 0.1) is 53.8 Å². The van der Waals surface area contributed by atoms with Gasteiger partial charge in [-0.2, -0.15) is 5.10 Å². The summed E-state index contributed by atoms with van der Waals surface area (Å²) in [6.45, 7) is 10.3. The Bertz CT molecular complexity index is 776. The molecule has 4 aliphatic rings. The maximum absolute atomic E-state index is 11.1. The summed E-state index contributed by atoms with van der Waals surface area (Å²) in [5, 5.41) is 15.7. The molecular weight excluding hydrogens is 382 g/mol. The molecule has 0 bridgehead atoms. The molecule has 4 heteroatoms. The first kappa shape index (κ1) is 21.9. The van der Waals surface area contributed by atoms with Crippen LogP contribution in [0.4, 0.5) is 0 Å². The second-order valence-electron chi connectivity index (χ2n) is 12.4. The van der Waals surface area contributed by atoms with Crippen LogP contribution in [-0.2, 0) is 6.54 Å². The molecule has 1 N–H and O–H groups in total. The summed E-state index contributed by atoms with van der Waals surface area (Å²) in [5.41, 5.74) is 0.167. The molecule has 4 nitrogen and oxygen atoms in total. The van der Waals surface area contributed by atoms with Crippen LogP contribution in [-0.4, -0.2) is 25.5 Å². The van der Waals surface area contributed by atoms with Crippen LogP contribution in [0.3, 0.4) is 0 Å². The molecule has 0 saturated heterocycles. The summed E-state index contributed by atoms with van der Waals surface area (Å²) < 4.78 is 2.08. The van der Waals surface area contributed by atoms with Gasteiger partial charge in [0.25, 0.3) is 0 Å². The van der Waals surface area contributed by atoms with Gasteiger partial charge in [-0.05, 0) is 118 Å². The second kappa shape index (κ2) is 8.15. The van der Waals surface area contributed by atoms with Crippen LogP contribution in [0.15, 0.2) is 6.33 Å². The smallest absolute Gasteiger partial charge is 0.147 e. The topological polar surface area (TPSA) is 50.9 Å². The van der Waals surface area contributed by atoms with Crippen molar-refractivity contribution in [3.8, 4) is 0 Å². The first-order chi connectivity index (χ1) is 14.8. The lowest BCUT2D eigenvalue weighted by Crippen LogP contribution is -2.51. The maximum atomic E-state index is 11.1. The van der Waals surface area contributed by atoms with Gasteiger partial charge in [0.2, 0.25) is 0 Å². The average molecular weight is 428 g/mol. The van der Waals surface area contributed by atoms with E-state index in [2.05, 4.69) is 35.5 Å². The number of aromatic nitrogens is 3. The van der Waals surface area contributed by atoms with Gasteiger partial charge in [-0.3, -0.25) is 4.68 Å². The lowest BCUT2D eigenvalue weighted by Gasteiger charge is -2.57. The normalized spacial score (nSPS) is 45.6. The fourth-order valence-electron chi connectivity index (χ4n) is 9.53. The van der Waals surface area contributed by atoms with Crippen molar-refractivity contribution in [2.75, 3.05) is 0 Å². The standard InChI is InChI=1S/C27H45N3O/c1-5-12-27(31)14-11-21-20(15-27)6-7-23-22(21)10-13-26(4)24(8-9-25(23)26)18(2)16-30-17-28-19(3)29-30/h17-18,20-25,31H,5-16H2,1-4H3/t18?,20-,21+,22-,23-,24-,25+,26-,27-/m1/s1. The van der Waals surface area contributed by atoms with Gasteiger partial charge < -0.3 is 5.11 Å². The van der Waals surface area contributed by atoms with Crippen molar-refractivity contribution in [1.29, 1.82) is 0 Å². The number of aliphatic hydroxyl groups is 1. The van der Waals surface area contributed by atoms with Crippen molar-refractivity contribution in [1.82, 2.24) is 14.8 Å². The van der Waals surface area contributed by atoms with Crippen molar-refractivity contribution in [3.63, 3.8) is 0 Å². The molecule has 1 aromatic heterocycles. The van der Waals surface area contributed by atoms with E-state index in [1.165, 1.54) is 44.9 Å². The van der Waals surface area contributed by atoms with Gasteiger partial charge in [0.15, 0.2) is 0 Å². The quantitative estimate of drug-likeness (QED) is 0.625. The SMILES string of the molecule is CCC[C@@]1(O)CC[C@H]2[C@H](CC[C@@H]3[C@@H]2CC[C@]2(C)[C@@H](C(C)Cn4cnc(C)n4)CC[C@@H]32)C1. The largest absolute Gasteiger partial charge is 0.390 e. The van der Waals surface area contributed by atoms with E-state index in [4.69, 9.17) is 0 Å². The lowest BCUT2D eigenvalue weighted by molar-refractivity contribution is -0.110. The second-order valence-corrected chi connectivity index (χ2v) is 12.4. The van der Waals surface area contributed by atoms with Crippen molar-refractivity contribution >= 4 is 0 Å². The Hall–Kier alpha value is -0.900. The Labute approximate surface area is 189 Å². The zero-order valence-electron chi connectivity index (χ0n) is 20.4. The zero-order valence-corrected chi connectivity index (χ0v) is 20.4. The lowest BCUT2D eigenvalue weighted by atomic mass is 9.48. The Balaban J connectivity index is 1.28. The molecular formula is C27H45N3O. The van der Waals surface area contributed by atoms with Crippen LogP contribution < -0.4 is 0 Å². The Morgan fingerprint density at radius 3 is 2.65 bits per heavy atom. The molecule has 0 amide bonds. The summed E-state index contributed by atoms with van der Waals surface area (Å²) in [7, 11) is 0. The zero-order chi connectivity index (χ0) is 21.8. The van der Waals surface area contributed by atoms with Crippen LogP contribution in [0.1, 0.15) is 97.2 Å². The Morgan fingerprint density at radius 2 is 1.90 bits per heavy atom. The van der Waals surface area contributed by atoms with Crippen LogP contribution in [0.25, 0.3) is 0 Å². The van der Waals surface area contributed by atoms with Crippen LogP contribution in [0.5, 0.6) is 0 Å². The molecule has 174 valence electrons. The molecule has 0 aliphatic heterocycles. The van der Waals surface area contributed by atoms with E-state index in [1.807, 2.05) is 13.3 Å². The summed E-state index contributed by atoms with van der Waals surface area (Å²) in [6.07, 6.45) is 16.0. The fraction of sp³-hybridized carbons (Fsp3) is 0.926. The van der Waals surface area contributed by atoms with E-state index in [0.717, 1.165) is 73.6 Å². The van der Waals surface area contributed by atoms with Crippen molar-refractivity contribution in [2.45, 2.75) is 110 Å². The van der Waals surface area contributed by atoms with Crippen LogP contribution in [0.2, 0.25) is 0 Å². The number of fused-ring (bicyclic) bond motifs is 5. The third-order valence-electron chi connectivity index (χ3n) is 10.7. The molecule has 4 fully saturated rings. The predicted octanol–water partition coefficient (Wildman–Crippen LogP) is 6.02. The van der Waals surface area contributed by atoms with Gasteiger partial charge in [-0.25, -0.2) is 4.98 Å². The highest BCUT2D eigenvalue weighted by atomic mass is 16.3.